The quantitative estimate of drug-likeness (QED) is 0.629. The van der Waals surface area contributed by atoms with Gasteiger partial charge in [-0.3, -0.25) is 19.3 Å². The lowest BCUT2D eigenvalue weighted by Crippen LogP contribution is -2.42. The van der Waals surface area contributed by atoms with Crippen molar-refractivity contribution in [2.45, 2.75) is 38.6 Å². The van der Waals surface area contributed by atoms with Gasteiger partial charge >= 0.3 is 0 Å². The first-order valence-corrected chi connectivity index (χ1v) is 8.12. The normalized spacial score (nSPS) is 25.4. The van der Waals surface area contributed by atoms with E-state index in [1.165, 1.54) is 24.0 Å². The summed E-state index contributed by atoms with van der Waals surface area (Å²) in [6, 6.07) is 3.39. The van der Waals surface area contributed by atoms with Gasteiger partial charge in [-0.2, -0.15) is 0 Å². The molecule has 4 nitrogen and oxygen atoms in total. The summed E-state index contributed by atoms with van der Waals surface area (Å²) in [5.74, 6) is -3.50. The molecule has 0 bridgehead atoms. The fourth-order valence-electron chi connectivity index (χ4n) is 3.84. The van der Waals surface area contributed by atoms with Crippen LogP contribution in [0.4, 0.5) is 10.1 Å². The Morgan fingerprint density at radius 1 is 1.26 bits per heavy atom. The zero-order valence-corrected chi connectivity index (χ0v) is 13.5. The Hall–Kier alpha value is -1.75. The number of halogens is 2. The molecule has 1 aromatic carbocycles. The van der Waals surface area contributed by atoms with Gasteiger partial charge in [-0.15, -0.1) is 0 Å². The third-order valence-corrected chi connectivity index (χ3v) is 5.08. The number of carbonyl (C=O) groups is 3. The molecule has 1 aliphatic carbocycles. The second kappa shape index (κ2) is 6.04. The van der Waals surface area contributed by atoms with Crippen LogP contribution in [0.3, 0.4) is 0 Å². The Kier molecular flexibility index (Phi) is 4.23. The van der Waals surface area contributed by atoms with Crippen molar-refractivity contribution < 1.29 is 18.8 Å². The van der Waals surface area contributed by atoms with Crippen LogP contribution in [0.25, 0.3) is 0 Å². The van der Waals surface area contributed by atoms with E-state index in [0.717, 1.165) is 31.7 Å². The predicted molar refractivity (Wildman–Crippen MR) is 83.8 cm³/mol. The van der Waals surface area contributed by atoms with E-state index in [-0.39, 0.29) is 22.4 Å². The molecular weight excluding hydrogens is 321 g/mol. The summed E-state index contributed by atoms with van der Waals surface area (Å²) in [4.78, 5) is 37.9. The largest absolute Gasteiger partial charge is 0.299 e. The average Bonchev–Trinajstić information content (AvgIpc) is 3.08. The highest BCUT2D eigenvalue weighted by Gasteiger charge is 2.53. The molecule has 1 aromatic rings. The molecule has 1 amide bonds. The second-order valence-electron chi connectivity index (χ2n) is 6.26. The maximum Gasteiger partial charge on any atom is 0.295 e. The van der Waals surface area contributed by atoms with Crippen LogP contribution in [0, 0.1) is 17.7 Å². The van der Waals surface area contributed by atoms with Crippen LogP contribution < -0.4 is 4.90 Å². The van der Waals surface area contributed by atoms with Crippen molar-refractivity contribution >= 4 is 34.8 Å². The molecule has 0 spiro atoms. The molecule has 1 saturated heterocycles. The van der Waals surface area contributed by atoms with Crippen LogP contribution in [0.5, 0.6) is 0 Å². The standard InChI is InChI=1S/C17H17ClFNO3/c1-9(21)14-15(10-4-2-3-5-10)20(17(23)16(14)22)13-7-6-11(18)8-12(13)19/h6-8,10,14-15H,2-5H2,1H3. The summed E-state index contributed by atoms with van der Waals surface area (Å²) >= 11 is 5.77. The molecule has 2 fully saturated rings. The zero-order chi connectivity index (χ0) is 16.7. The van der Waals surface area contributed by atoms with Crippen molar-refractivity contribution in [1.29, 1.82) is 0 Å². The minimum absolute atomic E-state index is 0.0217. The highest BCUT2D eigenvalue weighted by molar-refractivity contribution is 6.48. The molecular formula is C17H17ClFNO3. The molecule has 2 aliphatic rings. The number of ketones is 2. The van der Waals surface area contributed by atoms with Gasteiger partial charge in [0.15, 0.2) is 0 Å². The third kappa shape index (κ3) is 2.67. The van der Waals surface area contributed by atoms with E-state index < -0.39 is 29.5 Å². The van der Waals surface area contributed by atoms with E-state index in [1.807, 2.05) is 0 Å². The molecule has 1 aliphatic heterocycles. The predicted octanol–water partition coefficient (Wildman–Crippen LogP) is 3.16. The first kappa shape index (κ1) is 16.1. The lowest BCUT2D eigenvalue weighted by molar-refractivity contribution is -0.138. The smallest absolute Gasteiger partial charge is 0.295 e. The molecule has 6 heteroatoms. The van der Waals surface area contributed by atoms with Gasteiger partial charge in [0.25, 0.3) is 5.91 Å². The van der Waals surface area contributed by atoms with E-state index in [4.69, 9.17) is 11.6 Å². The number of hydrogen-bond donors (Lipinski definition) is 0. The highest BCUT2D eigenvalue weighted by atomic mass is 35.5. The molecule has 1 saturated carbocycles. The number of anilines is 1. The second-order valence-corrected chi connectivity index (χ2v) is 6.70. The number of Topliss-reactive ketones (excluding diaryl/α,β-unsaturated/α-hetero) is 2. The number of benzene rings is 1. The van der Waals surface area contributed by atoms with Gasteiger partial charge in [0.1, 0.15) is 17.5 Å². The summed E-state index contributed by atoms with van der Waals surface area (Å²) in [5.41, 5.74) is 0.0217. The van der Waals surface area contributed by atoms with Gasteiger partial charge < -0.3 is 0 Å². The molecule has 23 heavy (non-hydrogen) atoms. The van der Waals surface area contributed by atoms with E-state index in [1.54, 1.807) is 0 Å². The van der Waals surface area contributed by atoms with Crippen LogP contribution >= 0.6 is 11.6 Å². The van der Waals surface area contributed by atoms with Gasteiger partial charge in [-0.05, 0) is 43.9 Å². The van der Waals surface area contributed by atoms with Crippen molar-refractivity contribution in [2.24, 2.45) is 11.8 Å². The summed E-state index contributed by atoms with van der Waals surface area (Å²) < 4.78 is 14.3. The minimum atomic E-state index is -0.999. The molecule has 1 heterocycles. The average molecular weight is 338 g/mol. The van der Waals surface area contributed by atoms with Crippen LogP contribution in [0.1, 0.15) is 32.6 Å². The number of hydrogen-bond acceptors (Lipinski definition) is 3. The Balaban J connectivity index is 2.09. The third-order valence-electron chi connectivity index (χ3n) is 4.84. The van der Waals surface area contributed by atoms with Crippen molar-refractivity contribution in [3.05, 3.63) is 29.0 Å². The monoisotopic (exact) mass is 337 g/mol. The van der Waals surface area contributed by atoms with Crippen molar-refractivity contribution in [3.63, 3.8) is 0 Å². The Labute approximate surface area is 138 Å². The number of nitrogens with zero attached hydrogens (tertiary/aromatic N) is 1. The van der Waals surface area contributed by atoms with Gasteiger partial charge in [-0.1, -0.05) is 24.4 Å². The van der Waals surface area contributed by atoms with E-state index in [9.17, 15) is 18.8 Å². The zero-order valence-electron chi connectivity index (χ0n) is 12.7. The molecule has 0 N–H and O–H groups in total. The fourth-order valence-corrected chi connectivity index (χ4v) is 4.00. The van der Waals surface area contributed by atoms with Crippen LogP contribution in [-0.2, 0) is 14.4 Å². The number of rotatable bonds is 3. The number of amides is 1. The molecule has 0 aromatic heterocycles. The van der Waals surface area contributed by atoms with Crippen LogP contribution in [0.15, 0.2) is 18.2 Å². The molecule has 122 valence electrons. The molecule has 3 rings (SSSR count). The highest BCUT2D eigenvalue weighted by Crippen LogP contribution is 2.41. The lowest BCUT2D eigenvalue weighted by atomic mass is 9.85. The van der Waals surface area contributed by atoms with Crippen molar-refractivity contribution in [2.75, 3.05) is 4.90 Å². The van der Waals surface area contributed by atoms with Gasteiger partial charge in [-0.25, -0.2) is 4.39 Å². The van der Waals surface area contributed by atoms with Gasteiger partial charge in [0.2, 0.25) is 5.78 Å². The topological polar surface area (TPSA) is 54.5 Å². The Morgan fingerprint density at radius 3 is 2.48 bits per heavy atom. The molecule has 2 atom stereocenters. The van der Waals surface area contributed by atoms with E-state index in [0.29, 0.717) is 0 Å². The van der Waals surface area contributed by atoms with Crippen LogP contribution in [0.2, 0.25) is 5.02 Å². The van der Waals surface area contributed by atoms with Gasteiger partial charge in [0.05, 0.1) is 11.7 Å². The van der Waals surface area contributed by atoms with Crippen LogP contribution in [-0.4, -0.2) is 23.5 Å². The summed E-state index contributed by atoms with van der Waals surface area (Å²) in [5, 5.41) is 0.213. The number of carbonyl (C=O) groups excluding carboxylic acids is 3. The Morgan fingerprint density at radius 2 is 1.91 bits per heavy atom. The maximum absolute atomic E-state index is 14.3. The van der Waals surface area contributed by atoms with E-state index >= 15 is 0 Å². The minimum Gasteiger partial charge on any atom is -0.299 e. The summed E-state index contributed by atoms with van der Waals surface area (Å²) in [6.45, 7) is 1.32. The molecule has 2 unspecified atom stereocenters. The SMILES string of the molecule is CC(=O)C1C(=O)C(=O)N(c2ccc(Cl)cc2F)C1C1CCCC1. The Bertz CT molecular complexity index is 684. The van der Waals surface area contributed by atoms with Crippen molar-refractivity contribution in [3.8, 4) is 0 Å². The lowest BCUT2D eigenvalue weighted by Gasteiger charge is -2.31. The molecule has 0 radical (unpaired) electrons. The maximum atomic E-state index is 14.3. The first-order chi connectivity index (χ1) is 10.9. The summed E-state index contributed by atoms with van der Waals surface area (Å²) in [6.07, 6.45) is 3.65. The van der Waals surface area contributed by atoms with E-state index in [2.05, 4.69) is 0 Å². The fraction of sp³-hybridized carbons (Fsp3) is 0.471. The van der Waals surface area contributed by atoms with Gasteiger partial charge in [0, 0.05) is 5.02 Å². The first-order valence-electron chi connectivity index (χ1n) is 7.74. The van der Waals surface area contributed by atoms with Crippen molar-refractivity contribution in [1.82, 2.24) is 0 Å². The summed E-state index contributed by atoms with van der Waals surface area (Å²) in [7, 11) is 0.